The molecule has 1 fully saturated rings. The molecule has 2 heterocycles. The van der Waals surface area contributed by atoms with Crippen molar-refractivity contribution in [1.29, 1.82) is 0 Å². The Morgan fingerprint density at radius 2 is 1.54 bits per heavy atom. The topological polar surface area (TPSA) is 50.6 Å². The van der Waals surface area contributed by atoms with Crippen molar-refractivity contribution in [3.05, 3.63) is 125 Å². The van der Waals surface area contributed by atoms with Gasteiger partial charge in [0.05, 0.1) is 23.1 Å². The molecule has 0 aliphatic carbocycles. The largest absolute Gasteiger partial charge is 0.486 e. The van der Waals surface area contributed by atoms with Gasteiger partial charge in [0.1, 0.15) is 24.0 Å². The minimum absolute atomic E-state index is 0.0934. The van der Waals surface area contributed by atoms with Gasteiger partial charge in [0.2, 0.25) is 5.91 Å². The highest BCUT2D eigenvalue weighted by Crippen LogP contribution is 2.29. The number of carbonyl (C=O) groups excluding carboxylic acids is 1. The SMILES string of the molecule is O=C(Cc1ccccc1)N1CCN(c2cc3c(cc2F)nc(COc2ccccc2)n3Cc2ccc(Cl)cc2)CC1. The highest BCUT2D eigenvalue weighted by Gasteiger charge is 2.24. The van der Waals surface area contributed by atoms with Crippen LogP contribution in [0.2, 0.25) is 5.02 Å². The number of piperazine rings is 1. The van der Waals surface area contributed by atoms with E-state index in [9.17, 15) is 4.79 Å². The molecule has 6 nitrogen and oxygen atoms in total. The van der Waals surface area contributed by atoms with Crippen LogP contribution in [0.25, 0.3) is 11.0 Å². The molecule has 1 aromatic heterocycles. The number of hydrogen-bond donors (Lipinski definition) is 0. The smallest absolute Gasteiger partial charge is 0.227 e. The molecule has 1 aliphatic heterocycles. The number of hydrogen-bond acceptors (Lipinski definition) is 4. The Bertz CT molecular complexity index is 1630. The summed E-state index contributed by atoms with van der Waals surface area (Å²) in [5.41, 5.74) is 3.96. The van der Waals surface area contributed by atoms with Crippen molar-refractivity contribution in [2.24, 2.45) is 0 Å². The van der Waals surface area contributed by atoms with Gasteiger partial charge in [-0.05, 0) is 41.5 Å². The molecule has 41 heavy (non-hydrogen) atoms. The zero-order chi connectivity index (χ0) is 28.2. The number of nitrogens with zero attached hydrogens (tertiary/aromatic N) is 4. The van der Waals surface area contributed by atoms with Crippen molar-refractivity contribution in [3.63, 3.8) is 0 Å². The second kappa shape index (κ2) is 12.0. The summed E-state index contributed by atoms with van der Waals surface area (Å²) in [5.74, 6) is 1.21. The Labute approximate surface area is 243 Å². The van der Waals surface area contributed by atoms with Gasteiger partial charge in [-0.25, -0.2) is 9.37 Å². The molecule has 0 saturated carbocycles. The maximum atomic E-state index is 15.5. The number of amides is 1. The van der Waals surface area contributed by atoms with E-state index in [0.717, 1.165) is 22.4 Å². The van der Waals surface area contributed by atoms with Crippen LogP contribution < -0.4 is 9.64 Å². The van der Waals surface area contributed by atoms with E-state index < -0.39 is 0 Å². The van der Waals surface area contributed by atoms with Crippen LogP contribution in [0.1, 0.15) is 17.0 Å². The van der Waals surface area contributed by atoms with E-state index in [1.807, 2.05) is 101 Å². The molecule has 208 valence electrons. The second-order valence-electron chi connectivity index (χ2n) is 10.2. The van der Waals surface area contributed by atoms with E-state index in [1.54, 1.807) is 0 Å². The lowest BCUT2D eigenvalue weighted by Crippen LogP contribution is -2.49. The Morgan fingerprint density at radius 3 is 2.24 bits per heavy atom. The van der Waals surface area contributed by atoms with Gasteiger partial charge in [-0.15, -0.1) is 0 Å². The molecule has 0 atom stereocenters. The summed E-state index contributed by atoms with van der Waals surface area (Å²) < 4.78 is 23.6. The van der Waals surface area contributed by atoms with Crippen molar-refractivity contribution in [2.45, 2.75) is 19.6 Å². The summed E-state index contributed by atoms with van der Waals surface area (Å²) in [6, 6.07) is 30.4. The number of aromatic nitrogens is 2. The first-order valence-electron chi connectivity index (χ1n) is 13.7. The van der Waals surface area contributed by atoms with E-state index in [4.69, 9.17) is 21.3 Å². The van der Waals surface area contributed by atoms with E-state index in [2.05, 4.69) is 4.57 Å². The number of fused-ring (bicyclic) bond motifs is 1. The summed E-state index contributed by atoms with van der Waals surface area (Å²) in [6.07, 6.45) is 0.374. The number of para-hydroxylation sites is 1. The molecule has 0 radical (unpaired) electrons. The van der Waals surface area contributed by atoms with Crippen LogP contribution in [0.5, 0.6) is 5.75 Å². The summed E-state index contributed by atoms with van der Waals surface area (Å²) in [4.78, 5) is 21.5. The van der Waals surface area contributed by atoms with Gasteiger partial charge < -0.3 is 19.1 Å². The molecule has 1 saturated heterocycles. The van der Waals surface area contributed by atoms with E-state index in [1.165, 1.54) is 6.07 Å². The third-order valence-corrected chi connectivity index (χ3v) is 7.68. The van der Waals surface area contributed by atoms with E-state index in [0.29, 0.717) is 61.2 Å². The van der Waals surface area contributed by atoms with Crippen LogP contribution >= 0.6 is 11.6 Å². The van der Waals surface area contributed by atoms with Crippen LogP contribution in [-0.4, -0.2) is 46.5 Å². The highest BCUT2D eigenvalue weighted by atomic mass is 35.5. The molecule has 0 unspecified atom stereocenters. The molecule has 1 aliphatic rings. The molecule has 1 amide bonds. The monoisotopic (exact) mass is 568 g/mol. The Hall–Kier alpha value is -4.36. The van der Waals surface area contributed by atoms with Crippen LogP contribution in [0.15, 0.2) is 97.1 Å². The quantitative estimate of drug-likeness (QED) is 0.219. The van der Waals surface area contributed by atoms with Gasteiger partial charge in [-0.2, -0.15) is 0 Å². The van der Waals surface area contributed by atoms with Crippen molar-refractivity contribution < 1.29 is 13.9 Å². The lowest BCUT2D eigenvalue weighted by Gasteiger charge is -2.36. The first-order valence-corrected chi connectivity index (χ1v) is 14.1. The number of imidazole rings is 1. The number of anilines is 1. The predicted molar refractivity (Wildman–Crippen MR) is 160 cm³/mol. The standard InChI is InChI=1S/C33H30ClFN4O2/c34-26-13-11-25(12-14-26)22-39-31-21-30(28(35)20-29(31)36-32(39)23-41-27-9-5-2-6-10-27)37-15-17-38(18-16-37)33(40)19-24-7-3-1-4-8-24/h1-14,20-21H,15-19,22-23H2. The van der Waals surface area contributed by atoms with Gasteiger partial charge in [0.25, 0.3) is 0 Å². The minimum atomic E-state index is -0.326. The molecule has 0 spiro atoms. The van der Waals surface area contributed by atoms with Crippen molar-refractivity contribution >= 4 is 34.2 Å². The predicted octanol–water partition coefficient (Wildman–Crippen LogP) is 6.35. The third-order valence-electron chi connectivity index (χ3n) is 7.43. The van der Waals surface area contributed by atoms with Crippen molar-refractivity contribution in [3.8, 4) is 5.75 Å². The molecule has 8 heteroatoms. The number of rotatable bonds is 8. The summed E-state index contributed by atoms with van der Waals surface area (Å²) in [7, 11) is 0. The van der Waals surface area contributed by atoms with Crippen molar-refractivity contribution in [2.75, 3.05) is 31.1 Å². The fourth-order valence-corrected chi connectivity index (χ4v) is 5.36. The molecule has 5 aromatic rings. The lowest BCUT2D eigenvalue weighted by atomic mass is 10.1. The fourth-order valence-electron chi connectivity index (χ4n) is 5.23. The zero-order valence-electron chi connectivity index (χ0n) is 22.5. The Kier molecular flexibility index (Phi) is 7.87. The number of carbonyl (C=O) groups is 1. The first kappa shape index (κ1) is 26.8. The second-order valence-corrected chi connectivity index (χ2v) is 10.6. The maximum Gasteiger partial charge on any atom is 0.227 e. The van der Waals surface area contributed by atoms with Crippen LogP contribution in [0.4, 0.5) is 10.1 Å². The lowest BCUT2D eigenvalue weighted by molar-refractivity contribution is -0.130. The van der Waals surface area contributed by atoms with Crippen molar-refractivity contribution in [1.82, 2.24) is 14.5 Å². The highest BCUT2D eigenvalue weighted by molar-refractivity contribution is 6.30. The fraction of sp³-hybridized carbons (Fsp3) is 0.212. The first-order chi connectivity index (χ1) is 20.0. The summed E-state index contributed by atoms with van der Waals surface area (Å²) >= 11 is 6.12. The van der Waals surface area contributed by atoms with Gasteiger partial charge in [-0.3, -0.25) is 4.79 Å². The average Bonchev–Trinajstić information content (AvgIpc) is 3.33. The van der Waals surface area contributed by atoms with Gasteiger partial charge in [0.15, 0.2) is 0 Å². The van der Waals surface area contributed by atoms with Crippen LogP contribution in [0, 0.1) is 5.82 Å². The van der Waals surface area contributed by atoms with Gasteiger partial charge in [0, 0.05) is 43.8 Å². The summed E-state index contributed by atoms with van der Waals surface area (Å²) in [6.45, 7) is 2.97. The zero-order valence-corrected chi connectivity index (χ0v) is 23.3. The van der Waals surface area contributed by atoms with Crippen LogP contribution in [0.3, 0.4) is 0 Å². The van der Waals surface area contributed by atoms with E-state index in [-0.39, 0.29) is 18.3 Å². The average molecular weight is 569 g/mol. The normalized spacial score (nSPS) is 13.5. The molecular weight excluding hydrogens is 539 g/mol. The number of ether oxygens (including phenoxy) is 1. The summed E-state index contributed by atoms with van der Waals surface area (Å²) in [5, 5.41) is 0.669. The van der Waals surface area contributed by atoms with E-state index >= 15 is 4.39 Å². The molecule has 0 bridgehead atoms. The van der Waals surface area contributed by atoms with Crippen LogP contribution in [-0.2, 0) is 24.4 Å². The van der Waals surface area contributed by atoms with Gasteiger partial charge in [-0.1, -0.05) is 72.3 Å². The number of benzene rings is 4. The Morgan fingerprint density at radius 1 is 0.854 bits per heavy atom. The minimum Gasteiger partial charge on any atom is -0.486 e. The maximum absolute atomic E-state index is 15.5. The molecular formula is C33H30ClFN4O2. The van der Waals surface area contributed by atoms with Gasteiger partial charge >= 0.3 is 0 Å². The third kappa shape index (κ3) is 6.20. The molecule has 6 rings (SSSR count). The Balaban J connectivity index is 1.25. The number of halogens is 2. The molecule has 0 N–H and O–H groups in total. The molecule has 4 aromatic carbocycles.